The summed E-state index contributed by atoms with van der Waals surface area (Å²) < 4.78 is 1.75. The summed E-state index contributed by atoms with van der Waals surface area (Å²) in [4.78, 5) is 11.4. The van der Waals surface area contributed by atoms with Crippen LogP contribution in [0, 0.1) is 0 Å². The van der Waals surface area contributed by atoms with Gasteiger partial charge in [0.05, 0.1) is 17.1 Å². The number of carbonyl (C=O) groups excluding carboxylic acids is 1. The van der Waals surface area contributed by atoms with Gasteiger partial charge in [-0.2, -0.15) is 5.10 Å². The molecule has 0 atom stereocenters. The van der Waals surface area contributed by atoms with E-state index in [2.05, 4.69) is 17.3 Å². The van der Waals surface area contributed by atoms with Crippen LogP contribution in [0.5, 0.6) is 0 Å². The Kier molecular flexibility index (Phi) is 5.34. The first-order chi connectivity index (χ1) is 8.10. The maximum atomic E-state index is 11.4. The number of anilines is 1. The predicted molar refractivity (Wildman–Crippen MR) is 71.0 cm³/mol. The normalized spacial score (nSPS) is 10.5. The average Bonchev–Trinajstić information content (AvgIpc) is 2.53. The Morgan fingerprint density at radius 3 is 2.82 bits per heavy atom. The van der Waals surface area contributed by atoms with Crippen LogP contribution in [0.1, 0.15) is 26.0 Å². The molecule has 0 aliphatic heterocycles. The first-order valence-electron chi connectivity index (χ1n) is 5.80. The second kappa shape index (κ2) is 6.54. The number of nitrogens with one attached hydrogen (secondary N) is 1. The van der Waals surface area contributed by atoms with Crippen molar-refractivity contribution in [3.8, 4) is 0 Å². The molecular formula is C11H20N4OS. The van der Waals surface area contributed by atoms with Crippen LogP contribution in [-0.2, 0) is 18.3 Å². The van der Waals surface area contributed by atoms with Gasteiger partial charge in [-0.15, -0.1) is 0 Å². The molecule has 0 radical (unpaired) electrons. The van der Waals surface area contributed by atoms with Crippen molar-refractivity contribution in [1.29, 1.82) is 0 Å². The molecule has 0 bridgehead atoms. The molecule has 1 heterocycles. The van der Waals surface area contributed by atoms with Crippen LogP contribution in [-0.4, -0.2) is 28.0 Å². The molecule has 1 aromatic heterocycles. The van der Waals surface area contributed by atoms with Gasteiger partial charge >= 0.3 is 0 Å². The fraction of sp³-hybridized carbons (Fsp3) is 0.636. The molecule has 0 spiro atoms. The van der Waals surface area contributed by atoms with Crippen molar-refractivity contribution in [2.45, 2.75) is 31.7 Å². The highest BCUT2D eigenvalue weighted by Crippen LogP contribution is 2.27. The number of nitrogen functional groups attached to an aromatic ring is 1. The minimum Gasteiger partial charge on any atom is -0.395 e. The lowest BCUT2D eigenvalue weighted by molar-refractivity contribution is -0.118. The fourth-order valence-corrected chi connectivity index (χ4v) is 2.42. The number of carbonyl (C=O) groups is 1. The van der Waals surface area contributed by atoms with Crippen molar-refractivity contribution in [2.24, 2.45) is 7.05 Å². The average molecular weight is 256 g/mol. The molecule has 0 aliphatic rings. The standard InChI is InChI=1S/C11H20N4OS/c1-4-6-8-10(12)11(15(3)14-8)17-7-9(16)13-5-2/h4-7,12H2,1-3H3,(H,13,16). The van der Waals surface area contributed by atoms with Crippen LogP contribution in [0.3, 0.4) is 0 Å². The number of nitrogens with zero attached hydrogens (tertiary/aromatic N) is 2. The van der Waals surface area contributed by atoms with Gasteiger partial charge < -0.3 is 11.1 Å². The number of aromatic nitrogens is 2. The summed E-state index contributed by atoms with van der Waals surface area (Å²) >= 11 is 1.43. The molecule has 0 fully saturated rings. The molecule has 96 valence electrons. The SMILES string of the molecule is CCCc1nn(C)c(SCC(=O)NCC)c1N. The third-order valence-corrected chi connectivity index (χ3v) is 3.47. The Hall–Kier alpha value is -1.17. The van der Waals surface area contributed by atoms with Gasteiger partial charge in [0.25, 0.3) is 0 Å². The van der Waals surface area contributed by atoms with Gasteiger partial charge in [-0.1, -0.05) is 25.1 Å². The predicted octanol–water partition coefficient (Wildman–Crippen LogP) is 1.18. The van der Waals surface area contributed by atoms with E-state index in [1.54, 1.807) is 4.68 Å². The molecule has 1 aromatic rings. The van der Waals surface area contributed by atoms with Gasteiger partial charge in [0.1, 0.15) is 5.03 Å². The van der Waals surface area contributed by atoms with Crippen LogP contribution in [0.25, 0.3) is 0 Å². The lowest BCUT2D eigenvalue weighted by atomic mass is 10.2. The number of hydrogen-bond acceptors (Lipinski definition) is 4. The Labute approximate surface area is 106 Å². The van der Waals surface area contributed by atoms with E-state index in [0.29, 0.717) is 18.0 Å². The number of nitrogens with two attached hydrogens (primary N) is 1. The van der Waals surface area contributed by atoms with Crippen molar-refractivity contribution >= 4 is 23.4 Å². The van der Waals surface area contributed by atoms with E-state index in [9.17, 15) is 4.79 Å². The maximum Gasteiger partial charge on any atom is 0.230 e. The monoisotopic (exact) mass is 256 g/mol. The summed E-state index contributed by atoms with van der Waals surface area (Å²) in [7, 11) is 1.86. The molecule has 1 amide bonds. The van der Waals surface area contributed by atoms with Crippen LogP contribution in [0.4, 0.5) is 5.69 Å². The summed E-state index contributed by atoms with van der Waals surface area (Å²) in [6.45, 7) is 4.65. The largest absolute Gasteiger partial charge is 0.395 e. The Morgan fingerprint density at radius 1 is 1.53 bits per heavy atom. The van der Waals surface area contributed by atoms with E-state index in [1.165, 1.54) is 11.8 Å². The van der Waals surface area contributed by atoms with Gasteiger partial charge in [0.15, 0.2) is 0 Å². The molecule has 0 aromatic carbocycles. The Balaban J connectivity index is 2.67. The minimum atomic E-state index is 0.0233. The van der Waals surface area contributed by atoms with Crippen LogP contribution in [0.15, 0.2) is 5.03 Å². The third-order valence-electron chi connectivity index (χ3n) is 2.31. The van der Waals surface area contributed by atoms with Crippen molar-refractivity contribution in [2.75, 3.05) is 18.0 Å². The number of aryl methyl sites for hydroxylation is 2. The number of rotatable bonds is 6. The van der Waals surface area contributed by atoms with Crippen LogP contribution in [0.2, 0.25) is 0 Å². The van der Waals surface area contributed by atoms with Gasteiger partial charge in [0.2, 0.25) is 5.91 Å². The molecule has 6 heteroatoms. The van der Waals surface area contributed by atoms with E-state index >= 15 is 0 Å². The molecule has 0 aliphatic carbocycles. The number of thioether (sulfide) groups is 1. The first kappa shape index (κ1) is 13.9. The molecule has 5 nitrogen and oxygen atoms in total. The first-order valence-corrected chi connectivity index (χ1v) is 6.79. The van der Waals surface area contributed by atoms with Gasteiger partial charge in [-0.3, -0.25) is 9.48 Å². The highest BCUT2D eigenvalue weighted by molar-refractivity contribution is 8.00. The van der Waals surface area contributed by atoms with E-state index in [-0.39, 0.29) is 5.91 Å². The molecule has 0 unspecified atom stereocenters. The Bertz CT molecular complexity index is 389. The number of amides is 1. The van der Waals surface area contributed by atoms with E-state index in [1.807, 2.05) is 14.0 Å². The summed E-state index contributed by atoms with van der Waals surface area (Å²) in [6, 6.07) is 0. The fourth-order valence-electron chi connectivity index (χ4n) is 1.55. The van der Waals surface area contributed by atoms with Gasteiger partial charge in [0, 0.05) is 13.6 Å². The zero-order chi connectivity index (χ0) is 12.8. The van der Waals surface area contributed by atoms with Gasteiger partial charge in [-0.25, -0.2) is 0 Å². The van der Waals surface area contributed by atoms with Gasteiger partial charge in [-0.05, 0) is 13.3 Å². The summed E-state index contributed by atoms with van der Waals surface area (Å²) in [5, 5.41) is 7.99. The molecular weight excluding hydrogens is 236 g/mol. The third kappa shape index (κ3) is 3.66. The topological polar surface area (TPSA) is 72.9 Å². The van der Waals surface area contributed by atoms with E-state index < -0.39 is 0 Å². The second-order valence-corrected chi connectivity index (χ2v) is 4.75. The van der Waals surface area contributed by atoms with E-state index in [4.69, 9.17) is 5.73 Å². The van der Waals surface area contributed by atoms with Crippen LogP contribution < -0.4 is 11.1 Å². The highest BCUT2D eigenvalue weighted by Gasteiger charge is 2.14. The Morgan fingerprint density at radius 2 is 2.24 bits per heavy atom. The zero-order valence-electron chi connectivity index (χ0n) is 10.6. The lowest BCUT2D eigenvalue weighted by Gasteiger charge is -2.03. The molecule has 0 saturated carbocycles. The summed E-state index contributed by atoms with van der Waals surface area (Å²) in [6.07, 6.45) is 1.89. The van der Waals surface area contributed by atoms with Crippen molar-refractivity contribution in [3.63, 3.8) is 0 Å². The highest BCUT2D eigenvalue weighted by atomic mass is 32.2. The molecule has 1 rings (SSSR count). The maximum absolute atomic E-state index is 11.4. The number of hydrogen-bond donors (Lipinski definition) is 2. The smallest absolute Gasteiger partial charge is 0.230 e. The van der Waals surface area contributed by atoms with Crippen molar-refractivity contribution in [1.82, 2.24) is 15.1 Å². The quantitative estimate of drug-likeness (QED) is 0.750. The minimum absolute atomic E-state index is 0.0233. The van der Waals surface area contributed by atoms with Crippen LogP contribution >= 0.6 is 11.8 Å². The molecule has 3 N–H and O–H groups in total. The van der Waals surface area contributed by atoms with Crippen molar-refractivity contribution < 1.29 is 4.79 Å². The molecule has 0 saturated heterocycles. The van der Waals surface area contributed by atoms with E-state index in [0.717, 1.165) is 23.6 Å². The zero-order valence-corrected chi connectivity index (χ0v) is 11.4. The second-order valence-electron chi connectivity index (χ2n) is 3.78. The molecule has 17 heavy (non-hydrogen) atoms. The summed E-state index contributed by atoms with van der Waals surface area (Å²) in [5.74, 6) is 0.401. The lowest BCUT2D eigenvalue weighted by Crippen LogP contribution is -2.24. The van der Waals surface area contributed by atoms with Crippen molar-refractivity contribution in [3.05, 3.63) is 5.69 Å². The summed E-state index contributed by atoms with van der Waals surface area (Å²) in [5.41, 5.74) is 7.65.